The molecular weight excluding hydrogens is 323 g/mol. The predicted molar refractivity (Wildman–Crippen MR) is 78.6 cm³/mol. The predicted octanol–water partition coefficient (Wildman–Crippen LogP) is 2.59. The van der Waals surface area contributed by atoms with E-state index in [-0.39, 0.29) is 23.1 Å². The summed E-state index contributed by atoms with van der Waals surface area (Å²) in [5.41, 5.74) is 1.03. The molecule has 1 amide bonds. The van der Waals surface area contributed by atoms with E-state index in [4.69, 9.17) is 0 Å². The smallest absolute Gasteiger partial charge is 0.223 e. The van der Waals surface area contributed by atoms with Gasteiger partial charge in [-0.25, -0.2) is 4.39 Å². The van der Waals surface area contributed by atoms with Gasteiger partial charge in [0.25, 0.3) is 0 Å². The maximum Gasteiger partial charge on any atom is 0.223 e. The van der Waals surface area contributed by atoms with Crippen LogP contribution in [0.2, 0.25) is 0 Å². The summed E-state index contributed by atoms with van der Waals surface area (Å²) in [6.45, 7) is 2.42. The van der Waals surface area contributed by atoms with Gasteiger partial charge in [-0.2, -0.15) is 0 Å². The molecular formula is C15H18BrFN2O. The van der Waals surface area contributed by atoms with Crippen LogP contribution in [0, 0.1) is 17.2 Å². The Morgan fingerprint density at radius 3 is 2.85 bits per heavy atom. The third kappa shape index (κ3) is 2.88. The second-order valence-corrected chi connectivity index (χ2v) is 6.78. The number of hydrogen-bond donors (Lipinski definition) is 2. The van der Waals surface area contributed by atoms with E-state index >= 15 is 0 Å². The molecule has 1 aromatic carbocycles. The first kappa shape index (κ1) is 14.0. The van der Waals surface area contributed by atoms with Gasteiger partial charge in [0.15, 0.2) is 0 Å². The normalized spacial score (nSPS) is 23.6. The standard InChI is InChI=1S/C15H18BrFN2O/c16-11-5-10(6-12(17)7-11)9-19-14(20)13-8-15(13)1-3-18-4-2-15/h5-7,13,18H,1-4,8-9H2,(H,19,20). The molecule has 1 atom stereocenters. The van der Waals surface area contributed by atoms with Crippen molar-refractivity contribution in [1.82, 2.24) is 10.6 Å². The van der Waals surface area contributed by atoms with E-state index < -0.39 is 0 Å². The van der Waals surface area contributed by atoms with Crippen LogP contribution in [-0.2, 0) is 11.3 Å². The highest BCUT2D eigenvalue weighted by molar-refractivity contribution is 9.10. The highest BCUT2D eigenvalue weighted by Crippen LogP contribution is 2.58. The zero-order valence-electron chi connectivity index (χ0n) is 11.2. The summed E-state index contributed by atoms with van der Waals surface area (Å²) in [4.78, 5) is 12.2. The molecule has 1 saturated carbocycles. The van der Waals surface area contributed by atoms with Crippen LogP contribution in [0.1, 0.15) is 24.8 Å². The first-order valence-corrected chi connectivity index (χ1v) is 7.82. The van der Waals surface area contributed by atoms with Crippen molar-refractivity contribution in [2.45, 2.75) is 25.8 Å². The van der Waals surface area contributed by atoms with Gasteiger partial charge in [0.1, 0.15) is 5.82 Å². The van der Waals surface area contributed by atoms with Crippen molar-refractivity contribution in [3.8, 4) is 0 Å². The van der Waals surface area contributed by atoms with Gasteiger partial charge in [-0.1, -0.05) is 15.9 Å². The number of halogens is 2. The molecule has 0 aromatic heterocycles. The van der Waals surface area contributed by atoms with Gasteiger partial charge in [-0.3, -0.25) is 4.79 Å². The second-order valence-electron chi connectivity index (χ2n) is 5.86. The SMILES string of the molecule is O=C(NCc1cc(F)cc(Br)c1)C1CC12CCNCC2. The fraction of sp³-hybridized carbons (Fsp3) is 0.533. The lowest BCUT2D eigenvalue weighted by Gasteiger charge is -2.23. The van der Waals surface area contributed by atoms with E-state index in [1.165, 1.54) is 12.1 Å². The molecule has 0 bridgehead atoms. The van der Waals surface area contributed by atoms with Crippen molar-refractivity contribution >= 4 is 21.8 Å². The number of amides is 1. The molecule has 1 aromatic rings. The topological polar surface area (TPSA) is 41.1 Å². The maximum absolute atomic E-state index is 13.3. The number of rotatable bonds is 3. The van der Waals surface area contributed by atoms with Crippen LogP contribution in [-0.4, -0.2) is 19.0 Å². The monoisotopic (exact) mass is 340 g/mol. The molecule has 3 nitrogen and oxygen atoms in total. The van der Waals surface area contributed by atoms with E-state index in [1.807, 2.05) is 6.07 Å². The quantitative estimate of drug-likeness (QED) is 0.887. The molecule has 3 rings (SSSR count). The lowest BCUT2D eigenvalue weighted by Crippen LogP contribution is -2.33. The molecule has 0 radical (unpaired) electrons. The summed E-state index contributed by atoms with van der Waals surface area (Å²) in [5, 5.41) is 6.27. The van der Waals surface area contributed by atoms with Crippen LogP contribution in [0.3, 0.4) is 0 Å². The van der Waals surface area contributed by atoms with Gasteiger partial charge in [-0.05, 0) is 61.5 Å². The Hall–Kier alpha value is -0.940. The van der Waals surface area contributed by atoms with Gasteiger partial charge in [0.2, 0.25) is 5.91 Å². The molecule has 1 aliphatic heterocycles. The summed E-state index contributed by atoms with van der Waals surface area (Å²) >= 11 is 3.26. The Balaban J connectivity index is 1.55. The Kier molecular flexibility index (Phi) is 3.82. The number of carbonyl (C=O) groups is 1. The van der Waals surface area contributed by atoms with Crippen LogP contribution in [0.5, 0.6) is 0 Å². The molecule has 2 fully saturated rings. The fourth-order valence-corrected chi connectivity index (χ4v) is 3.73. The van der Waals surface area contributed by atoms with E-state index in [1.54, 1.807) is 0 Å². The van der Waals surface area contributed by atoms with E-state index in [2.05, 4.69) is 26.6 Å². The van der Waals surface area contributed by atoms with Crippen LogP contribution in [0.25, 0.3) is 0 Å². The Morgan fingerprint density at radius 1 is 1.40 bits per heavy atom. The molecule has 1 aliphatic carbocycles. The fourth-order valence-electron chi connectivity index (χ4n) is 3.22. The molecule has 1 heterocycles. The van der Waals surface area contributed by atoms with Crippen LogP contribution >= 0.6 is 15.9 Å². The van der Waals surface area contributed by atoms with Crippen molar-refractivity contribution in [2.75, 3.05) is 13.1 Å². The molecule has 1 unspecified atom stereocenters. The summed E-state index contributed by atoms with van der Waals surface area (Å²) in [6.07, 6.45) is 3.19. The lowest BCUT2D eigenvalue weighted by molar-refractivity contribution is -0.123. The van der Waals surface area contributed by atoms with Crippen molar-refractivity contribution in [3.63, 3.8) is 0 Å². The Morgan fingerprint density at radius 2 is 2.15 bits per heavy atom. The van der Waals surface area contributed by atoms with Gasteiger partial charge >= 0.3 is 0 Å². The molecule has 2 aliphatic rings. The van der Waals surface area contributed by atoms with Crippen LogP contribution in [0.15, 0.2) is 22.7 Å². The zero-order valence-corrected chi connectivity index (χ0v) is 12.8. The molecule has 1 spiro atoms. The minimum Gasteiger partial charge on any atom is -0.352 e. The summed E-state index contributed by atoms with van der Waals surface area (Å²) in [7, 11) is 0. The van der Waals surface area contributed by atoms with Gasteiger partial charge in [-0.15, -0.1) is 0 Å². The van der Waals surface area contributed by atoms with Crippen molar-refractivity contribution in [1.29, 1.82) is 0 Å². The van der Waals surface area contributed by atoms with Crippen LogP contribution < -0.4 is 10.6 Å². The highest BCUT2D eigenvalue weighted by Gasteiger charge is 2.57. The maximum atomic E-state index is 13.3. The van der Waals surface area contributed by atoms with Gasteiger partial charge < -0.3 is 10.6 Å². The first-order valence-electron chi connectivity index (χ1n) is 7.02. The lowest BCUT2D eigenvalue weighted by atomic mass is 9.92. The summed E-state index contributed by atoms with van der Waals surface area (Å²) < 4.78 is 14.0. The largest absolute Gasteiger partial charge is 0.352 e. The van der Waals surface area contributed by atoms with Crippen molar-refractivity contribution in [2.24, 2.45) is 11.3 Å². The minimum absolute atomic E-state index is 0.118. The van der Waals surface area contributed by atoms with E-state index in [9.17, 15) is 9.18 Å². The summed E-state index contributed by atoms with van der Waals surface area (Å²) in [6, 6.07) is 4.70. The third-order valence-corrected chi connectivity index (χ3v) is 4.95. The number of benzene rings is 1. The molecule has 1 saturated heterocycles. The first-order chi connectivity index (χ1) is 9.59. The minimum atomic E-state index is -0.287. The molecule has 2 N–H and O–H groups in total. The van der Waals surface area contributed by atoms with Crippen molar-refractivity contribution in [3.05, 3.63) is 34.1 Å². The van der Waals surface area contributed by atoms with Crippen molar-refractivity contribution < 1.29 is 9.18 Å². The summed E-state index contributed by atoms with van der Waals surface area (Å²) in [5.74, 6) is -0.0150. The highest BCUT2D eigenvalue weighted by atomic mass is 79.9. The number of nitrogens with one attached hydrogen (secondary N) is 2. The van der Waals surface area contributed by atoms with E-state index in [0.717, 1.165) is 37.9 Å². The number of carbonyl (C=O) groups excluding carboxylic acids is 1. The van der Waals surface area contributed by atoms with Crippen LogP contribution in [0.4, 0.5) is 4.39 Å². The number of hydrogen-bond acceptors (Lipinski definition) is 2. The zero-order chi connectivity index (χ0) is 14.2. The van der Waals surface area contributed by atoms with Gasteiger partial charge in [0, 0.05) is 16.9 Å². The third-order valence-electron chi connectivity index (χ3n) is 4.49. The average molecular weight is 341 g/mol. The molecule has 5 heteroatoms. The second kappa shape index (κ2) is 5.45. The number of piperidine rings is 1. The van der Waals surface area contributed by atoms with E-state index in [0.29, 0.717) is 11.0 Å². The van der Waals surface area contributed by atoms with Gasteiger partial charge in [0.05, 0.1) is 0 Å². The Bertz CT molecular complexity index is 508. The average Bonchev–Trinajstić information content (AvgIpc) is 3.09. The Labute approximate surface area is 126 Å². The molecule has 20 heavy (non-hydrogen) atoms. The molecule has 108 valence electrons.